The highest BCUT2D eigenvalue weighted by molar-refractivity contribution is 9.10. The van der Waals surface area contributed by atoms with Crippen molar-refractivity contribution in [3.8, 4) is 6.07 Å². The highest BCUT2D eigenvalue weighted by Crippen LogP contribution is 2.23. The molecule has 0 aliphatic carbocycles. The van der Waals surface area contributed by atoms with Crippen LogP contribution < -0.4 is 0 Å². The Balaban J connectivity index is 2.30. The van der Waals surface area contributed by atoms with Crippen molar-refractivity contribution in [2.75, 3.05) is 0 Å². The fraction of sp³-hybridized carbons (Fsp3) is 0.0667. The summed E-state index contributed by atoms with van der Waals surface area (Å²) in [6.45, 7) is 0. The van der Waals surface area contributed by atoms with Crippen molar-refractivity contribution in [3.05, 3.63) is 74.2 Å². The third-order valence-corrected chi connectivity index (χ3v) is 3.49. The molecule has 0 N–H and O–H groups in total. The van der Waals surface area contributed by atoms with Gasteiger partial charge in [0.1, 0.15) is 5.92 Å². The van der Waals surface area contributed by atoms with Gasteiger partial charge in [-0.05, 0) is 29.8 Å². The molecule has 5 nitrogen and oxygen atoms in total. The molecule has 0 saturated carbocycles. The molecule has 6 heteroatoms. The molecular formula is C15H9BrN2O3. The minimum atomic E-state index is -0.931. The standard InChI is InChI=1S/C15H9BrN2O3/c16-12-5-1-10(2-6-12)14(9-17)15(19)11-3-7-13(8-4-11)18(20)21/h1-8,14H. The number of carbonyl (C=O) groups is 1. The lowest BCUT2D eigenvalue weighted by atomic mass is 9.92. The number of Topliss-reactive ketones (excluding diaryl/α,β-unsaturated/α-hetero) is 1. The smallest absolute Gasteiger partial charge is 0.269 e. The number of nitro benzene ring substituents is 1. The molecule has 2 rings (SSSR count). The predicted octanol–water partition coefficient (Wildman–Crippen LogP) is 3.85. The number of non-ortho nitro benzene ring substituents is 1. The van der Waals surface area contributed by atoms with Crippen molar-refractivity contribution in [2.45, 2.75) is 5.92 Å². The maximum Gasteiger partial charge on any atom is 0.269 e. The molecule has 0 aliphatic heterocycles. The second kappa shape index (κ2) is 6.29. The van der Waals surface area contributed by atoms with Crippen LogP contribution in [0.1, 0.15) is 21.8 Å². The van der Waals surface area contributed by atoms with Crippen LogP contribution in [0, 0.1) is 21.4 Å². The molecule has 0 aromatic heterocycles. The highest BCUT2D eigenvalue weighted by atomic mass is 79.9. The number of nitriles is 1. The molecular weight excluding hydrogens is 336 g/mol. The molecule has 0 amide bonds. The van der Waals surface area contributed by atoms with Crippen LogP contribution in [0.3, 0.4) is 0 Å². The van der Waals surface area contributed by atoms with Crippen LogP contribution in [0.5, 0.6) is 0 Å². The Morgan fingerprint density at radius 2 is 1.71 bits per heavy atom. The molecule has 21 heavy (non-hydrogen) atoms. The van der Waals surface area contributed by atoms with Gasteiger partial charge in [-0.3, -0.25) is 14.9 Å². The third kappa shape index (κ3) is 3.33. The molecule has 104 valence electrons. The average molecular weight is 345 g/mol. The minimum Gasteiger partial charge on any atom is -0.292 e. The van der Waals surface area contributed by atoms with E-state index in [2.05, 4.69) is 15.9 Å². The molecule has 0 spiro atoms. The number of benzene rings is 2. The van der Waals surface area contributed by atoms with Crippen LogP contribution in [0.15, 0.2) is 53.0 Å². The van der Waals surface area contributed by atoms with Crippen molar-refractivity contribution in [3.63, 3.8) is 0 Å². The van der Waals surface area contributed by atoms with Crippen LogP contribution in [-0.4, -0.2) is 10.7 Å². The fourth-order valence-corrected chi connectivity index (χ4v) is 2.12. The molecule has 0 aliphatic rings. The van der Waals surface area contributed by atoms with E-state index in [4.69, 9.17) is 0 Å². The van der Waals surface area contributed by atoms with Gasteiger partial charge in [-0.25, -0.2) is 0 Å². The summed E-state index contributed by atoms with van der Waals surface area (Å²) in [5.74, 6) is -1.31. The van der Waals surface area contributed by atoms with Gasteiger partial charge in [-0.2, -0.15) is 5.26 Å². The number of carbonyl (C=O) groups excluding carboxylic acids is 1. The van der Waals surface area contributed by atoms with Gasteiger partial charge in [0.25, 0.3) is 5.69 Å². The first kappa shape index (κ1) is 14.9. The summed E-state index contributed by atoms with van der Waals surface area (Å²) in [6.07, 6.45) is 0. The fourth-order valence-electron chi connectivity index (χ4n) is 1.85. The van der Waals surface area contributed by atoms with Crippen LogP contribution in [0.4, 0.5) is 5.69 Å². The Kier molecular flexibility index (Phi) is 4.45. The lowest BCUT2D eigenvalue weighted by molar-refractivity contribution is -0.384. The van der Waals surface area contributed by atoms with Gasteiger partial charge < -0.3 is 0 Å². The molecule has 2 aromatic rings. The second-order valence-corrected chi connectivity index (χ2v) is 5.20. The van der Waals surface area contributed by atoms with Crippen molar-refractivity contribution in [2.24, 2.45) is 0 Å². The SMILES string of the molecule is N#CC(C(=O)c1ccc([N+](=O)[O-])cc1)c1ccc(Br)cc1. The monoisotopic (exact) mass is 344 g/mol. The molecule has 0 heterocycles. The van der Waals surface area contributed by atoms with Gasteiger partial charge in [-0.15, -0.1) is 0 Å². The molecule has 0 bridgehead atoms. The molecule has 0 fully saturated rings. The van der Waals surface area contributed by atoms with E-state index in [1.165, 1.54) is 24.3 Å². The third-order valence-electron chi connectivity index (χ3n) is 2.96. The number of halogens is 1. The van der Waals surface area contributed by atoms with Gasteiger partial charge in [0, 0.05) is 22.2 Å². The van der Waals surface area contributed by atoms with Gasteiger partial charge in [0.2, 0.25) is 0 Å². The molecule has 0 saturated heterocycles. The molecule has 2 aromatic carbocycles. The van der Waals surface area contributed by atoms with E-state index < -0.39 is 10.8 Å². The Hall–Kier alpha value is -2.52. The molecule has 0 radical (unpaired) electrons. The van der Waals surface area contributed by atoms with Crippen molar-refractivity contribution < 1.29 is 9.72 Å². The Morgan fingerprint density at radius 3 is 2.19 bits per heavy atom. The number of nitro groups is 1. The predicted molar refractivity (Wildman–Crippen MR) is 79.9 cm³/mol. The van der Waals surface area contributed by atoms with Crippen LogP contribution in [0.2, 0.25) is 0 Å². The van der Waals surface area contributed by atoms with Crippen LogP contribution in [-0.2, 0) is 0 Å². The van der Waals surface area contributed by atoms with E-state index in [1.807, 2.05) is 6.07 Å². The van der Waals surface area contributed by atoms with E-state index in [0.717, 1.165) is 4.47 Å². The number of hydrogen-bond acceptors (Lipinski definition) is 4. The van der Waals surface area contributed by atoms with Crippen LogP contribution in [0.25, 0.3) is 0 Å². The first-order valence-electron chi connectivity index (χ1n) is 5.96. The number of ketones is 1. The van der Waals surface area contributed by atoms with E-state index >= 15 is 0 Å². The number of rotatable bonds is 4. The maximum absolute atomic E-state index is 12.3. The first-order chi connectivity index (χ1) is 10.0. The van der Waals surface area contributed by atoms with Crippen molar-refractivity contribution in [1.29, 1.82) is 5.26 Å². The largest absolute Gasteiger partial charge is 0.292 e. The number of hydrogen-bond donors (Lipinski definition) is 0. The summed E-state index contributed by atoms with van der Waals surface area (Å²) in [7, 11) is 0. The quantitative estimate of drug-likeness (QED) is 0.479. The van der Waals surface area contributed by atoms with E-state index in [1.54, 1.807) is 24.3 Å². The summed E-state index contributed by atoms with van der Waals surface area (Å²) in [6, 6.07) is 14.1. The van der Waals surface area contributed by atoms with Gasteiger partial charge in [0.15, 0.2) is 5.78 Å². The van der Waals surface area contributed by atoms with E-state index in [0.29, 0.717) is 5.56 Å². The zero-order valence-corrected chi connectivity index (χ0v) is 12.3. The van der Waals surface area contributed by atoms with Gasteiger partial charge >= 0.3 is 0 Å². The van der Waals surface area contributed by atoms with Crippen molar-refractivity contribution in [1.82, 2.24) is 0 Å². The zero-order chi connectivity index (χ0) is 15.4. The topological polar surface area (TPSA) is 84.0 Å². The summed E-state index contributed by atoms with van der Waals surface area (Å²) >= 11 is 3.29. The van der Waals surface area contributed by atoms with E-state index in [-0.39, 0.29) is 17.0 Å². The minimum absolute atomic E-state index is 0.0938. The summed E-state index contributed by atoms with van der Waals surface area (Å²) in [5, 5.41) is 19.8. The lowest BCUT2D eigenvalue weighted by Crippen LogP contribution is -2.11. The van der Waals surface area contributed by atoms with Gasteiger partial charge in [0.05, 0.1) is 11.0 Å². The lowest BCUT2D eigenvalue weighted by Gasteiger charge is -2.08. The first-order valence-corrected chi connectivity index (χ1v) is 6.76. The summed E-state index contributed by atoms with van der Waals surface area (Å²) in [5.41, 5.74) is 0.767. The van der Waals surface area contributed by atoms with E-state index in [9.17, 15) is 20.2 Å². The van der Waals surface area contributed by atoms with Gasteiger partial charge in [-0.1, -0.05) is 28.1 Å². The Bertz CT molecular complexity index is 718. The van der Waals surface area contributed by atoms with Crippen LogP contribution >= 0.6 is 15.9 Å². The number of nitrogens with zero attached hydrogens (tertiary/aromatic N) is 2. The maximum atomic E-state index is 12.3. The Labute approximate surface area is 129 Å². The highest BCUT2D eigenvalue weighted by Gasteiger charge is 2.22. The summed E-state index contributed by atoms with van der Waals surface area (Å²) < 4.78 is 0.853. The second-order valence-electron chi connectivity index (χ2n) is 4.28. The summed E-state index contributed by atoms with van der Waals surface area (Å²) in [4.78, 5) is 22.4. The molecule has 1 atom stereocenters. The zero-order valence-electron chi connectivity index (χ0n) is 10.7. The normalized spacial score (nSPS) is 11.4. The Morgan fingerprint density at radius 1 is 1.14 bits per heavy atom. The molecule has 1 unspecified atom stereocenters. The average Bonchev–Trinajstić information content (AvgIpc) is 2.50. The van der Waals surface area contributed by atoms with Crippen molar-refractivity contribution >= 4 is 27.4 Å².